The molecule has 2 amide bonds. The molecular formula is C13H22N2O4. The second-order valence-electron chi connectivity index (χ2n) is 6.61. The summed E-state index contributed by atoms with van der Waals surface area (Å²) >= 11 is 0. The Morgan fingerprint density at radius 2 is 1.84 bits per heavy atom. The molecule has 19 heavy (non-hydrogen) atoms. The Kier molecular flexibility index (Phi) is 3.04. The lowest BCUT2D eigenvalue weighted by Crippen LogP contribution is -2.63. The molecule has 2 saturated carbocycles. The third kappa shape index (κ3) is 2.54. The van der Waals surface area contributed by atoms with Gasteiger partial charge in [0.25, 0.3) is 5.91 Å². The van der Waals surface area contributed by atoms with Gasteiger partial charge in [0.15, 0.2) is 5.60 Å². The van der Waals surface area contributed by atoms with E-state index in [-0.39, 0.29) is 5.92 Å². The number of primary amides is 1. The Morgan fingerprint density at radius 3 is 2.16 bits per heavy atom. The van der Waals surface area contributed by atoms with Crippen molar-refractivity contribution in [2.45, 2.75) is 63.2 Å². The maximum Gasteiger partial charge on any atom is 0.408 e. The van der Waals surface area contributed by atoms with E-state index < -0.39 is 28.7 Å². The van der Waals surface area contributed by atoms with E-state index in [2.05, 4.69) is 5.32 Å². The molecule has 0 spiro atoms. The van der Waals surface area contributed by atoms with Crippen molar-refractivity contribution in [3.8, 4) is 0 Å². The van der Waals surface area contributed by atoms with Crippen LogP contribution in [0.4, 0.5) is 4.79 Å². The van der Waals surface area contributed by atoms with E-state index in [0.29, 0.717) is 12.8 Å². The summed E-state index contributed by atoms with van der Waals surface area (Å²) in [5.74, 6) is -0.911. The van der Waals surface area contributed by atoms with E-state index in [0.717, 1.165) is 12.8 Å². The molecule has 2 aliphatic carbocycles. The summed E-state index contributed by atoms with van der Waals surface area (Å²) in [6.07, 6.45) is 1.99. The van der Waals surface area contributed by atoms with Crippen LogP contribution in [0.3, 0.4) is 0 Å². The zero-order valence-corrected chi connectivity index (χ0v) is 11.7. The summed E-state index contributed by atoms with van der Waals surface area (Å²) in [5, 5.41) is 13.3. The molecule has 2 fully saturated rings. The number of ether oxygens (including phenoxy) is 1. The molecule has 0 radical (unpaired) electrons. The van der Waals surface area contributed by atoms with Gasteiger partial charge in [0.2, 0.25) is 0 Å². The van der Waals surface area contributed by atoms with E-state index in [1.807, 2.05) is 0 Å². The van der Waals surface area contributed by atoms with Crippen LogP contribution in [-0.2, 0) is 9.53 Å². The van der Waals surface area contributed by atoms with Crippen molar-refractivity contribution in [3.05, 3.63) is 0 Å². The molecule has 0 aromatic rings. The van der Waals surface area contributed by atoms with Gasteiger partial charge in [-0.05, 0) is 52.4 Å². The first-order chi connectivity index (χ1) is 8.61. The van der Waals surface area contributed by atoms with Crippen molar-refractivity contribution >= 4 is 12.0 Å². The van der Waals surface area contributed by atoms with Crippen LogP contribution in [0.15, 0.2) is 0 Å². The Bertz CT molecular complexity index is 407. The number of hydrogen-bond donors (Lipinski definition) is 3. The van der Waals surface area contributed by atoms with Crippen molar-refractivity contribution in [2.75, 3.05) is 0 Å². The predicted octanol–water partition coefficient (Wildman–Crippen LogP) is 0.670. The van der Waals surface area contributed by atoms with Crippen LogP contribution in [0.1, 0.15) is 46.5 Å². The molecule has 6 heteroatoms. The van der Waals surface area contributed by atoms with Crippen LogP contribution in [0.2, 0.25) is 0 Å². The molecule has 108 valence electrons. The first-order valence-electron chi connectivity index (χ1n) is 6.64. The van der Waals surface area contributed by atoms with Gasteiger partial charge in [0.1, 0.15) is 5.60 Å². The topological polar surface area (TPSA) is 102 Å². The fourth-order valence-corrected chi connectivity index (χ4v) is 2.55. The number of alkyl carbamates (subject to hydrolysis) is 1. The predicted molar refractivity (Wildman–Crippen MR) is 68.2 cm³/mol. The summed E-state index contributed by atoms with van der Waals surface area (Å²) in [6.45, 7) is 5.27. The fourth-order valence-electron chi connectivity index (χ4n) is 2.55. The van der Waals surface area contributed by atoms with Gasteiger partial charge in [-0.2, -0.15) is 0 Å². The van der Waals surface area contributed by atoms with E-state index in [1.165, 1.54) is 0 Å². The number of aliphatic hydroxyl groups is 1. The number of amides is 2. The van der Waals surface area contributed by atoms with Crippen molar-refractivity contribution in [1.82, 2.24) is 5.32 Å². The summed E-state index contributed by atoms with van der Waals surface area (Å²) in [6, 6.07) is 0. The van der Waals surface area contributed by atoms with Gasteiger partial charge in [-0.3, -0.25) is 4.79 Å². The van der Waals surface area contributed by atoms with Gasteiger partial charge in [-0.15, -0.1) is 0 Å². The first-order valence-corrected chi connectivity index (χ1v) is 6.64. The molecular weight excluding hydrogens is 248 g/mol. The molecule has 0 saturated heterocycles. The lowest BCUT2D eigenvalue weighted by atomic mass is 9.85. The maximum absolute atomic E-state index is 11.8. The Morgan fingerprint density at radius 1 is 1.32 bits per heavy atom. The van der Waals surface area contributed by atoms with E-state index >= 15 is 0 Å². The Hall–Kier alpha value is -1.30. The minimum absolute atomic E-state index is 0.151. The molecule has 4 N–H and O–H groups in total. The van der Waals surface area contributed by atoms with Gasteiger partial charge in [0.05, 0.1) is 5.54 Å². The van der Waals surface area contributed by atoms with Crippen LogP contribution in [0.5, 0.6) is 0 Å². The summed E-state index contributed by atoms with van der Waals surface area (Å²) in [7, 11) is 0. The molecule has 2 rings (SSSR count). The molecule has 1 unspecified atom stereocenters. The summed E-state index contributed by atoms with van der Waals surface area (Å²) in [5.41, 5.74) is 2.15. The highest BCUT2D eigenvalue weighted by Gasteiger charge is 2.68. The van der Waals surface area contributed by atoms with Crippen molar-refractivity contribution < 1.29 is 19.4 Å². The zero-order valence-electron chi connectivity index (χ0n) is 11.7. The lowest BCUT2D eigenvalue weighted by molar-refractivity contribution is -0.143. The van der Waals surface area contributed by atoms with Gasteiger partial charge in [-0.25, -0.2) is 4.79 Å². The molecule has 0 heterocycles. The highest BCUT2D eigenvalue weighted by molar-refractivity contribution is 5.88. The van der Waals surface area contributed by atoms with Crippen LogP contribution < -0.4 is 11.1 Å². The molecule has 1 atom stereocenters. The quantitative estimate of drug-likeness (QED) is 0.698. The van der Waals surface area contributed by atoms with Crippen LogP contribution in [0, 0.1) is 5.92 Å². The minimum Gasteiger partial charge on any atom is -0.444 e. The third-order valence-electron chi connectivity index (χ3n) is 3.76. The van der Waals surface area contributed by atoms with Crippen molar-refractivity contribution in [3.63, 3.8) is 0 Å². The molecule has 0 aliphatic heterocycles. The largest absolute Gasteiger partial charge is 0.444 e. The second kappa shape index (κ2) is 4.10. The fraction of sp³-hybridized carbons (Fsp3) is 0.846. The number of nitrogens with one attached hydrogen (secondary N) is 1. The van der Waals surface area contributed by atoms with Gasteiger partial charge < -0.3 is 20.9 Å². The monoisotopic (exact) mass is 270 g/mol. The number of carbonyl (C=O) groups is 2. The Balaban J connectivity index is 2.10. The minimum atomic E-state index is -1.65. The number of hydrogen-bond acceptors (Lipinski definition) is 4. The molecule has 0 aromatic heterocycles. The van der Waals surface area contributed by atoms with Crippen LogP contribution in [0.25, 0.3) is 0 Å². The van der Waals surface area contributed by atoms with E-state index in [1.54, 1.807) is 20.8 Å². The van der Waals surface area contributed by atoms with Crippen molar-refractivity contribution in [2.24, 2.45) is 11.7 Å². The number of rotatable bonds is 4. The third-order valence-corrected chi connectivity index (χ3v) is 3.76. The summed E-state index contributed by atoms with van der Waals surface area (Å²) < 4.78 is 5.18. The number of nitrogens with two attached hydrogens (primary N) is 1. The standard InChI is InChI=1S/C13H22N2O4/c1-11(2,3)19-10(17)15-12(6-7-12)13(18,9(14)16)8-4-5-8/h8,18H,4-7H2,1-3H3,(H2,14,16)(H,15,17). The van der Waals surface area contributed by atoms with E-state index in [4.69, 9.17) is 10.5 Å². The highest BCUT2D eigenvalue weighted by atomic mass is 16.6. The molecule has 2 aliphatic rings. The molecule has 0 aromatic carbocycles. The van der Waals surface area contributed by atoms with Gasteiger partial charge in [0, 0.05) is 0 Å². The second-order valence-corrected chi connectivity index (χ2v) is 6.61. The van der Waals surface area contributed by atoms with Crippen LogP contribution >= 0.6 is 0 Å². The van der Waals surface area contributed by atoms with Crippen molar-refractivity contribution in [1.29, 1.82) is 0 Å². The average molecular weight is 270 g/mol. The average Bonchev–Trinajstić information content (AvgIpc) is 3.07. The van der Waals surface area contributed by atoms with E-state index in [9.17, 15) is 14.7 Å². The summed E-state index contributed by atoms with van der Waals surface area (Å²) in [4.78, 5) is 23.5. The molecule has 6 nitrogen and oxygen atoms in total. The smallest absolute Gasteiger partial charge is 0.408 e. The highest BCUT2D eigenvalue weighted by Crippen LogP contribution is 2.55. The normalized spacial score (nSPS) is 24.2. The lowest BCUT2D eigenvalue weighted by Gasteiger charge is -2.35. The van der Waals surface area contributed by atoms with Gasteiger partial charge in [-0.1, -0.05) is 0 Å². The molecule has 0 bridgehead atoms. The number of carbonyl (C=O) groups excluding carboxylic acids is 2. The first kappa shape index (κ1) is 14.1. The zero-order chi connectivity index (χ0) is 14.5. The SMILES string of the molecule is CC(C)(C)OC(=O)NC1(C(O)(C(N)=O)C2CC2)CC1. The van der Waals surface area contributed by atoms with Crippen LogP contribution in [-0.4, -0.2) is 33.8 Å². The van der Waals surface area contributed by atoms with Gasteiger partial charge >= 0.3 is 6.09 Å². The maximum atomic E-state index is 11.8. The Labute approximate surface area is 112 Å².